The van der Waals surface area contributed by atoms with E-state index in [0.29, 0.717) is 12.8 Å². The van der Waals surface area contributed by atoms with Crippen LogP contribution in [0.25, 0.3) is 0 Å². The van der Waals surface area contributed by atoms with Crippen LogP contribution in [0.1, 0.15) is 30.1 Å². The topological polar surface area (TPSA) is 82.2 Å². The number of aromatic hydroxyl groups is 1. The predicted molar refractivity (Wildman–Crippen MR) is 63.7 cm³/mol. The molecule has 1 aromatic heterocycles. The van der Waals surface area contributed by atoms with Gasteiger partial charge in [0, 0.05) is 24.6 Å². The van der Waals surface area contributed by atoms with Crippen LogP contribution in [0.3, 0.4) is 0 Å². The van der Waals surface area contributed by atoms with Gasteiger partial charge in [-0.15, -0.1) is 12.3 Å². The quantitative estimate of drug-likeness (QED) is 0.668. The van der Waals surface area contributed by atoms with Gasteiger partial charge in [-0.1, -0.05) is 6.92 Å². The van der Waals surface area contributed by atoms with Crippen LogP contribution in [0.4, 0.5) is 0 Å². The van der Waals surface area contributed by atoms with Gasteiger partial charge in [0.2, 0.25) is 0 Å². The molecule has 1 unspecified atom stereocenters. The van der Waals surface area contributed by atoms with Gasteiger partial charge >= 0.3 is 0 Å². The van der Waals surface area contributed by atoms with E-state index >= 15 is 0 Å². The van der Waals surface area contributed by atoms with Crippen molar-refractivity contribution < 1.29 is 9.90 Å². The lowest BCUT2D eigenvalue weighted by Gasteiger charge is -2.13. The van der Waals surface area contributed by atoms with E-state index in [1.807, 2.05) is 6.92 Å². The van der Waals surface area contributed by atoms with Crippen molar-refractivity contribution >= 4 is 5.91 Å². The molecule has 0 saturated heterocycles. The van der Waals surface area contributed by atoms with Crippen LogP contribution in [-0.2, 0) is 0 Å². The van der Waals surface area contributed by atoms with Gasteiger partial charge in [-0.3, -0.25) is 14.6 Å². The van der Waals surface area contributed by atoms with E-state index in [1.165, 1.54) is 6.07 Å². The minimum absolute atomic E-state index is 0.113. The number of hydrogen-bond acceptors (Lipinski definition) is 3. The predicted octanol–water partition coefficient (Wildman–Crippen LogP) is 0.612. The molecule has 0 radical (unpaired) electrons. The number of amides is 1. The van der Waals surface area contributed by atoms with E-state index in [0.717, 1.165) is 6.07 Å². The van der Waals surface area contributed by atoms with Crippen LogP contribution in [-0.4, -0.2) is 22.0 Å². The summed E-state index contributed by atoms with van der Waals surface area (Å²) in [6.45, 7) is 1.90. The molecule has 0 spiro atoms. The largest absolute Gasteiger partial charge is 0.494 e. The molecule has 0 aliphatic carbocycles. The number of nitrogens with one attached hydrogen (secondary N) is 2. The number of H-pyrrole nitrogens is 1. The average molecular weight is 234 g/mol. The fourth-order valence-electron chi connectivity index (χ4n) is 1.37. The number of rotatable bonds is 4. The molecule has 0 fully saturated rings. The Morgan fingerprint density at radius 3 is 2.88 bits per heavy atom. The van der Waals surface area contributed by atoms with Crippen LogP contribution in [0.5, 0.6) is 5.88 Å². The third-order valence-corrected chi connectivity index (χ3v) is 2.28. The zero-order valence-electron chi connectivity index (χ0n) is 9.49. The number of hydrogen-bond donors (Lipinski definition) is 3. The second-order valence-electron chi connectivity index (χ2n) is 3.61. The molecule has 0 aliphatic rings. The number of terminal acetylenes is 1. The standard InChI is InChI=1S/C12H14N2O3/c1-3-5-9(4-2)13-12(17)8-6-10(15)14-11(16)7-8/h1,6-7,9H,4-5H2,2H3,(H,13,17)(H2,14,15,16). The summed E-state index contributed by atoms with van der Waals surface area (Å²) in [5.74, 6) is 1.70. The summed E-state index contributed by atoms with van der Waals surface area (Å²) in [6, 6.07) is 2.19. The molecule has 0 aliphatic heterocycles. The fraction of sp³-hybridized carbons (Fsp3) is 0.333. The second-order valence-corrected chi connectivity index (χ2v) is 3.61. The molecule has 1 amide bonds. The van der Waals surface area contributed by atoms with Crippen molar-refractivity contribution in [2.45, 2.75) is 25.8 Å². The number of carbonyl (C=O) groups excluding carboxylic acids is 1. The Morgan fingerprint density at radius 1 is 1.65 bits per heavy atom. The van der Waals surface area contributed by atoms with Crippen molar-refractivity contribution in [1.29, 1.82) is 0 Å². The first kappa shape index (κ1) is 12.8. The molecule has 17 heavy (non-hydrogen) atoms. The van der Waals surface area contributed by atoms with Crippen molar-refractivity contribution in [2.24, 2.45) is 0 Å². The van der Waals surface area contributed by atoms with Gasteiger partial charge in [-0.05, 0) is 6.42 Å². The highest BCUT2D eigenvalue weighted by molar-refractivity contribution is 5.94. The molecule has 1 rings (SSSR count). The summed E-state index contributed by atoms with van der Waals surface area (Å²) in [5.41, 5.74) is -0.415. The molecular weight excluding hydrogens is 220 g/mol. The maximum absolute atomic E-state index is 11.7. The summed E-state index contributed by atoms with van der Waals surface area (Å²) in [7, 11) is 0. The Morgan fingerprint density at radius 2 is 2.35 bits per heavy atom. The normalized spacial score (nSPS) is 11.5. The molecular formula is C12H14N2O3. The number of aromatic nitrogens is 1. The van der Waals surface area contributed by atoms with Crippen molar-refractivity contribution in [2.75, 3.05) is 0 Å². The lowest BCUT2D eigenvalue weighted by Crippen LogP contribution is -2.34. The first-order valence-electron chi connectivity index (χ1n) is 5.24. The Balaban J connectivity index is 2.83. The molecule has 90 valence electrons. The number of carbonyl (C=O) groups is 1. The van der Waals surface area contributed by atoms with Crippen molar-refractivity contribution in [3.63, 3.8) is 0 Å². The third-order valence-electron chi connectivity index (χ3n) is 2.28. The lowest BCUT2D eigenvalue weighted by atomic mass is 10.1. The smallest absolute Gasteiger partial charge is 0.251 e. The first-order valence-corrected chi connectivity index (χ1v) is 5.24. The van der Waals surface area contributed by atoms with Crippen molar-refractivity contribution in [3.05, 3.63) is 28.0 Å². The summed E-state index contributed by atoms with van der Waals surface area (Å²) in [6.07, 6.45) is 6.30. The number of aromatic amines is 1. The SMILES string of the molecule is C#CCC(CC)NC(=O)c1cc(O)[nH]c(=O)c1. The van der Waals surface area contributed by atoms with E-state index in [9.17, 15) is 9.59 Å². The Kier molecular flexibility index (Phi) is 4.35. The highest BCUT2D eigenvalue weighted by Crippen LogP contribution is 2.05. The fourth-order valence-corrected chi connectivity index (χ4v) is 1.37. The minimum atomic E-state index is -0.528. The molecule has 1 aromatic rings. The summed E-state index contributed by atoms with van der Waals surface area (Å²) >= 11 is 0. The van der Waals surface area contributed by atoms with Gasteiger partial charge in [0.05, 0.1) is 5.56 Å². The first-order chi connectivity index (χ1) is 8.06. The van der Waals surface area contributed by atoms with Crippen LogP contribution in [0, 0.1) is 12.3 Å². The highest BCUT2D eigenvalue weighted by atomic mass is 16.3. The van der Waals surface area contributed by atoms with E-state index < -0.39 is 11.5 Å². The molecule has 5 heteroatoms. The molecule has 1 heterocycles. The minimum Gasteiger partial charge on any atom is -0.494 e. The number of pyridine rings is 1. The van der Waals surface area contributed by atoms with Gasteiger partial charge in [0.1, 0.15) is 0 Å². The lowest BCUT2D eigenvalue weighted by molar-refractivity contribution is 0.0936. The Labute approximate surface area is 98.9 Å². The van der Waals surface area contributed by atoms with Crippen LogP contribution < -0.4 is 10.9 Å². The van der Waals surface area contributed by atoms with Crippen LogP contribution >= 0.6 is 0 Å². The van der Waals surface area contributed by atoms with Gasteiger partial charge < -0.3 is 10.4 Å². The Hall–Kier alpha value is -2.22. The maximum Gasteiger partial charge on any atom is 0.251 e. The molecule has 0 aromatic carbocycles. The average Bonchev–Trinajstić information content (AvgIpc) is 2.27. The summed E-state index contributed by atoms with van der Waals surface area (Å²) in [5, 5.41) is 11.9. The molecule has 1 atom stereocenters. The second kappa shape index (κ2) is 5.75. The van der Waals surface area contributed by atoms with E-state index in [-0.39, 0.29) is 17.5 Å². The molecule has 0 saturated carbocycles. The van der Waals surface area contributed by atoms with E-state index in [4.69, 9.17) is 11.5 Å². The molecule has 0 bridgehead atoms. The maximum atomic E-state index is 11.7. The molecule has 5 nitrogen and oxygen atoms in total. The zero-order chi connectivity index (χ0) is 12.8. The summed E-state index contributed by atoms with van der Waals surface area (Å²) in [4.78, 5) is 25.0. The van der Waals surface area contributed by atoms with Gasteiger partial charge in [-0.25, -0.2) is 0 Å². The van der Waals surface area contributed by atoms with E-state index in [2.05, 4.69) is 16.2 Å². The van der Waals surface area contributed by atoms with Crippen LogP contribution in [0.2, 0.25) is 0 Å². The third kappa shape index (κ3) is 3.68. The Bertz CT molecular complexity index is 499. The zero-order valence-corrected chi connectivity index (χ0v) is 9.49. The van der Waals surface area contributed by atoms with Crippen LogP contribution in [0.15, 0.2) is 16.9 Å². The van der Waals surface area contributed by atoms with Crippen molar-refractivity contribution in [3.8, 4) is 18.2 Å². The summed E-state index contributed by atoms with van der Waals surface area (Å²) < 4.78 is 0. The molecule has 3 N–H and O–H groups in total. The van der Waals surface area contributed by atoms with Gasteiger partial charge in [0.25, 0.3) is 11.5 Å². The van der Waals surface area contributed by atoms with E-state index in [1.54, 1.807) is 0 Å². The highest BCUT2D eigenvalue weighted by Gasteiger charge is 2.12. The van der Waals surface area contributed by atoms with Gasteiger partial charge in [0.15, 0.2) is 5.88 Å². The van der Waals surface area contributed by atoms with Gasteiger partial charge in [-0.2, -0.15) is 0 Å². The van der Waals surface area contributed by atoms with Crippen molar-refractivity contribution in [1.82, 2.24) is 10.3 Å². The monoisotopic (exact) mass is 234 g/mol.